The van der Waals surface area contributed by atoms with Crippen molar-refractivity contribution in [2.75, 3.05) is 6.61 Å². The van der Waals surface area contributed by atoms with Crippen molar-refractivity contribution in [2.45, 2.75) is 44.4 Å². The first-order valence-corrected chi connectivity index (χ1v) is 6.03. The molecule has 0 bridgehead atoms. The Morgan fingerprint density at radius 1 is 1.32 bits per heavy atom. The van der Waals surface area contributed by atoms with Gasteiger partial charge in [-0.2, -0.15) is 0 Å². The molecule has 8 heteroatoms. The van der Waals surface area contributed by atoms with Crippen molar-refractivity contribution >= 4 is 18.0 Å². The number of amides is 2. The maximum atomic E-state index is 11.6. The summed E-state index contributed by atoms with van der Waals surface area (Å²) < 4.78 is 5.38. The minimum atomic E-state index is -1.45. The number of rotatable bonds is 6. The zero-order valence-corrected chi connectivity index (χ0v) is 10.6. The average molecular weight is 274 g/mol. The highest BCUT2D eigenvalue weighted by Crippen LogP contribution is 2.15. The fourth-order valence-corrected chi connectivity index (χ4v) is 1.87. The second-order valence-electron chi connectivity index (χ2n) is 4.45. The van der Waals surface area contributed by atoms with Crippen molar-refractivity contribution in [3.63, 3.8) is 0 Å². The molecule has 0 aromatic carbocycles. The molecule has 0 saturated carbocycles. The first-order valence-electron chi connectivity index (χ1n) is 6.03. The summed E-state index contributed by atoms with van der Waals surface area (Å²) in [5.41, 5.74) is 0. The predicted molar refractivity (Wildman–Crippen MR) is 63.8 cm³/mol. The zero-order chi connectivity index (χ0) is 14.4. The summed E-state index contributed by atoms with van der Waals surface area (Å²) in [6.07, 6.45) is 0.999. The van der Waals surface area contributed by atoms with Gasteiger partial charge >= 0.3 is 18.0 Å². The Kier molecular flexibility index (Phi) is 5.56. The van der Waals surface area contributed by atoms with Gasteiger partial charge in [0.1, 0.15) is 6.04 Å². The molecular formula is C11H18N2O6. The van der Waals surface area contributed by atoms with E-state index in [0.29, 0.717) is 6.61 Å². The molecule has 8 nitrogen and oxygen atoms in total. The van der Waals surface area contributed by atoms with Crippen LogP contribution in [-0.2, 0) is 14.3 Å². The van der Waals surface area contributed by atoms with Crippen LogP contribution in [0.3, 0.4) is 0 Å². The molecule has 2 unspecified atom stereocenters. The van der Waals surface area contributed by atoms with E-state index in [-0.39, 0.29) is 12.1 Å². The molecule has 2 amide bonds. The number of carboxylic acid groups (broad SMARTS) is 2. The number of hydrogen-bond acceptors (Lipinski definition) is 4. The van der Waals surface area contributed by atoms with E-state index in [1.165, 1.54) is 0 Å². The molecule has 0 radical (unpaired) electrons. The van der Waals surface area contributed by atoms with Gasteiger partial charge in [-0.05, 0) is 19.8 Å². The van der Waals surface area contributed by atoms with Crippen LogP contribution < -0.4 is 10.6 Å². The fraction of sp³-hybridized carbons (Fsp3) is 0.727. The minimum Gasteiger partial charge on any atom is -0.481 e. The SMILES string of the molecule is CC(NC(=O)N[C@@H](CC(=O)O)C(=O)O)C1CCCO1. The number of aliphatic carboxylic acids is 2. The van der Waals surface area contributed by atoms with Crippen molar-refractivity contribution < 1.29 is 29.3 Å². The maximum absolute atomic E-state index is 11.6. The third-order valence-corrected chi connectivity index (χ3v) is 2.86. The lowest BCUT2D eigenvalue weighted by Crippen LogP contribution is -2.51. The van der Waals surface area contributed by atoms with E-state index in [9.17, 15) is 14.4 Å². The number of carbonyl (C=O) groups is 3. The van der Waals surface area contributed by atoms with E-state index in [1.807, 2.05) is 0 Å². The molecule has 1 fully saturated rings. The number of nitrogens with one attached hydrogen (secondary N) is 2. The molecule has 1 saturated heterocycles. The molecular weight excluding hydrogens is 256 g/mol. The number of carboxylic acids is 2. The van der Waals surface area contributed by atoms with E-state index < -0.39 is 30.4 Å². The lowest BCUT2D eigenvalue weighted by Gasteiger charge is -2.21. The third kappa shape index (κ3) is 5.12. The van der Waals surface area contributed by atoms with Crippen molar-refractivity contribution in [1.29, 1.82) is 0 Å². The quantitative estimate of drug-likeness (QED) is 0.530. The fourth-order valence-electron chi connectivity index (χ4n) is 1.87. The van der Waals surface area contributed by atoms with Crippen LogP contribution in [0.2, 0.25) is 0 Å². The van der Waals surface area contributed by atoms with E-state index >= 15 is 0 Å². The first kappa shape index (κ1) is 15.2. The van der Waals surface area contributed by atoms with E-state index in [4.69, 9.17) is 14.9 Å². The summed E-state index contributed by atoms with van der Waals surface area (Å²) in [4.78, 5) is 32.8. The average Bonchev–Trinajstić information content (AvgIpc) is 2.80. The maximum Gasteiger partial charge on any atom is 0.326 e. The van der Waals surface area contributed by atoms with Crippen molar-refractivity contribution in [1.82, 2.24) is 10.6 Å². The van der Waals surface area contributed by atoms with Gasteiger partial charge < -0.3 is 25.6 Å². The molecule has 0 aliphatic carbocycles. The molecule has 1 rings (SSSR count). The van der Waals surface area contributed by atoms with Crippen molar-refractivity contribution in [2.24, 2.45) is 0 Å². The van der Waals surface area contributed by atoms with E-state index in [2.05, 4.69) is 10.6 Å². The zero-order valence-electron chi connectivity index (χ0n) is 10.6. The van der Waals surface area contributed by atoms with E-state index in [0.717, 1.165) is 12.8 Å². The van der Waals surface area contributed by atoms with Gasteiger partial charge in [-0.25, -0.2) is 9.59 Å². The summed E-state index contributed by atoms with van der Waals surface area (Å²) in [6, 6.07) is -2.42. The molecule has 0 spiro atoms. The Morgan fingerprint density at radius 3 is 2.47 bits per heavy atom. The number of urea groups is 1. The summed E-state index contributed by atoms with van der Waals surface area (Å²) >= 11 is 0. The Balaban J connectivity index is 2.43. The molecule has 4 N–H and O–H groups in total. The lowest BCUT2D eigenvalue weighted by atomic mass is 10.1. The normalized spacial score (nSPS) is 21.4. The Morgan fingerprint density at radius 2 is 2.00 bits per heavy atom. The first-order chi connectivity index (χ1) is 8.90. The summed E-state index contributed by atoms with van der Waals surface area (Å²) in [5, 5.41) is 22.0. The van der Waals surface area contributed by atoms with Crippen molar-refractivity contribution in [3.8, 4) is 0 Å². The molecule has 0 aromatic rings. The highest BCUT2D eigenvalue weighted by atomic mass is 16.5. The van der Waals surface area contributed by atoms with E-state index in [1.54, 1.807) is 6.92 Å². The largest absolute Gasteiger partial charge is 0.481 e. The van der Waals surface area contributed by atoms with Gasteiger partial charge in [0.25, 0.3) is 0 Å². The standard InChI is InChI=1S/C11H18N2O6/c1-6(8-3-2-4-19-8)12-11(18)13-7(10(16)17)5-9(14)15/h6-8H,2-5H2,1H3,(H,14,15)(H,16,17)(H2,12,13,18)/t6?,7-,8?/m0/s1. The second-order valence-corrected chi connectivity index (χ2v) is 4.45. The van der Waals surface area contributed by atoms with Gasteiger partial charge in [0.15, 0.2) is 0 Å². The Bertz CT molecular complexity index is 353. The molecule has 1 aliphatic heterocycles. The smallest absolute Gasteiger partial charge is 0.326 e. The molecule has 0 aromatic heterocycles. The van der Waals surface area contributed by atoms with Crippen LogP contribution in [0.15, 0.2) is 0 Å². The minimum absolute atomic E-state index is 0.0894. The third-order valence-electron chi connectivity index (χ3n) is 2.86. The van der Waals surface area contributed by atoms with Crippen LogP contribution in [0.4, 0.5) is 4.79 Å². The van der Waals surface area contributed by atoms with Gasteiger partial charge in [-0.3, -0.25) is 4.79 Å². The molecule has 3 atom stereocenters. The second kappa shape index (κ2) is 6.93. The summed E-state index contributed by atoms with van der Waals surface area (Å²) in [6.45, 7) is 2.40. The predicted octanol–water partition coefficient (Wildman–Crippen LogP) is -0.219. The highest BCUT2D eigenvalue weighted by Gasteiger charge is 2.26. The van der Waals surface area contributed by atoms with Crippen LogP contribution in [-0.4, -0.2) is 53.0 Å². The molecule has 1 aliphatic rings. The molecule has 1 heterocycles. The molecule has 108 valence electrons. The Labute approximate surface area is 110 Å². The van der Waals surface area contributed by atoms with Crippen LogP contribution in [0.25, 0.3) is 0 Å². The number of hydrogen-bond donors (Lipinski definition) is 4. The summed E-state index contributed by atoms with van der Waals surface area (Å²) in [7, 11) is 0. The molecule has 19 heavy (non-hydrogen) atoms. The lowest BCUT2D eigenvalue weighted by molar-refractivity contribution is -0.145. The highest BCUT2D eigenvalue weighted by molar-refractivity contribution is 5.86. The van der Waals surface area contributed by atoms with Crippen LogP contribution in [0.5, 0.6) is 0 Å². The van der Waals surface area contributed by atoms with Gasteiger partial charge in [-0.15, -0.1) is 0 Å². The van der Waals surface area contributed by atoms with Gasteiger partial charge in [0, 0.05) is 6.61 Å². The number of carbonyl (C=O) groups excluding carboxylic acids is 1. The van der Waals surface area contributed by atoms with Crippen molar-refractivity contribution in [3.05, 3.63) is 0 Å². The monoisotopic (exact) mass is 274 g/mol. The number of ether oxygens (including phenoxy) is 1. The van der Waals surface area contributed by atoms with Gasteiger partial charge in [0.2, 0.25) is 0 Å². The van der Waals surface area contributed by atoms with Crippen LogP contribution in [0, 0.1) is 0 Å². The topological polar surface area (TPSA) is 125 Å². The van der Waals surface area contributed by atoms with Crippen LogP contribution >= 0.6 is 0 Å². The van der Waals surface area contributed by atoms with Gasteiger partial charge in [0.05, 0.1) is 18.6 Å². The van der Waals surface area contributed by atoms with Crippen LogP contribution in [0.1, 0.15) is 26.2 Å². The van der Waals surface area contributed by atoms with Gasteiger partial charge in [-0.1, -0.05) is 0 Å². The summed E-state index contributed by atoms with van der Waals surface area (Å²) in [5.74, 6) is -2.68. The Hall–Kier alpha value is -1.83.